The topological polar surface area (TPSA) is 66.4 Å². The van der Waals surface area contributed by atoms with Crippen molar-refractivity contribution in [3.8, 4) is 0 Å². The van der Waals surface area contributed by atoms with E-state index in [1.165, 1.54) is 5.56 Å². The van der Waals surface area contributed by atoms with Crippen LogP contribution in [0.5, 0.6) is 0 Å². The number of hydrogen-bond acceptors (Lipinski definition) is 2. The zero-order chi connectivity index (χ0) is 13.5. The predicted molar refractivity (Wildman–Crippen MR) is 69.3 cm³/mol. The summed E-state index contributed by atoms with van der Waals surface area (Å²) >= 11 is 0. The molecule has 1 aromatic rings. The molecule has 1 unspecified atom stereocenters. The number of rotatable bonds is 6. The summed E-state index contributed by atoms with van der Waals surface area (Å²) in [5.74, 6) is -2.41. The van der Waals surface area contributed by atoms with Gasteiger partial charge in [0.15, 0.2) is 0 Å². The Morgan fingerprint density at radius 1 is 1.28 bits per heavy atom. The number of nitrogens with one attached hydrogen (secondary N) is 1. The van der Waals surface area contributed by atoms with Crippen molar-refractivity contribution in [1.82, 2.24) is 5.32 Å². The standard InChI is InChI=1S/C14H19NO3/c1-3-12(14(17)18)13(16)15-9-8-11-6-4-10(2)5-7-11/h4-7,12H,3,8-9H2,1-2H3,(H,15,16)(H,17,18). The van der Waals surface area contributed by atoms with Crippen molar-refractivity contribution in [2.45, 2.75) is 26.7 Å². The Morgan fingerprint density at radius 2 is 1.89 bits per heavy atom. The van der Waals surface area contributed by atoms with Crippen LogP contribution < -0.4 is 5.32 Å². The van der Waals surface area contributed by atoms with E-state index in [0.29, 0.717) is 19.4 Å². The number of hydrogen-bond donors (Lipinski definition) is 2. The summed E-state index contributed by atoms with van der Waals surface area (Å²) in [5, 5.41) is 11.5. The van der Waals surface area contributed by atoms with Crippen LogP contribution in [0.25, 0.3) is 0 Å². The summed E-state index contributed by atoms with van der Waals surface area (Å²) in [6, 6.07) is 8.05. The highest BCUT2D eigenvalue weighted by atomic mass is 16.4. The average Bonchev–Trinajstić information content (AvgIpc) is 2.32. The molecule has 1 aromatic carbocycles. The van der Waals surface area contributed by atoms with Crippen molar-refractivity contribution < 1.29 is 14.7 Å². The molecule has 4 heteroatoms. The van der Waals surface area contributed by atoms with E-state index in [-0.39, 0.29) is 0 Å². The number of amides is 1. The Hall–Kier alpha value is -1.84. The van der Waals surface area contributed by atoms with E-state index in [4.69, 9.17) is 5.11 Å². The molecule has 2 N–H and O–H groups in total. The van der Waals surface area contributed by atoms with Crippen molar-refractivity contribution in [2.75, 3.05) is 6.54 Å². The van der Waals surface area contributed by atoms with Gasteiger partial charge in [-0.3, -0.25) is 9.59 Å². The van der Waals surface area contributed by atoms with Crippen LogP contribution in [0.4, 0.5) is 0 Å². The molecule has 4 nitrogen and oxygen atoms in total. The van der Waals surface area contributed by atoms with Crippen LogP contribution in [0.2, 0.25) is 0 Å². The Balaban J connectivity index is 2.39. The van der Waals surface area contributed by atoms with Crippen LogP contribution in [-0.4, -0.2) is 23.5 Å². The van der Waals surface area contributed by atoms with E-state index in [1.54, 1.807) is 6.92 Å². The molecule has 1 atom stereocenters. The summed E-state index contributed by atoms with van der Waals surface area (Å²) in [7, 11) is 0. The smallest absolute Gasteiger partial charge is 0.316 e. The minimum absolute atomic E-state index is 0.311. The minimum atomic E-state index is -1.06. The molecule has 0 aromatic heterocycles. The van der Waals surface area contributed by atoms with Gasteiger partial charge in [0, 0.05) is 6.54 Å². The lowest BCUT2D eigenvalue weighted by atomic mass is 10.1. The molecule has 0 aliphatic carbocycles. The highest BCUT2D eigenvalue weighted by molar-refractivity contribution is 5.96. The SMILES string of the molecule is CCC(C(=O)O)C(=O)NCCc1ccc(C)cc1. The van der Waals surface area contributed by atoms with Gasteiger partial charge in [-0.2, -0.15) is 0 Å². The lowest BCUT2D eigenvalue weighted by molar-refractivity contribution is -0.147. The Morgan fingerprint density at radius 3 is 2.39 bits per heavy atom. The molecule has 0 spiro atoms. The van der Waals surface area contributed by atoms with Crippen molar-refractivity contribution in [1.29, 1.82) is 0 Å². The lowest BCUT2D eigenvalue weighted by Gasteiger charge is -2.10. The normalized spacial score (nSPS) is 11.9. The Labute approximate surface area is 107 Å². The molecule has 0 bridgehead atoms. The molecule has 18 heavy (non-hydrogen) atoms. The van der Waals surface area contributed by atoms with Crippen molar-refractivity contribution >= 4 is 11.9 Å². The average molecular weight is 249 g/mol. The number of aryl methyl sites for hydroxylation is 1. The van der Waals surface area contributed by atoms with Gasteiger partial charge in [0.2, 0.25) is 5.91 Å². The minimum Gasteiger partial charge on any atom is -0.481 e. The van der Waals surface area contributed by atoms with Crippen molar-refractivity contribution in [2.24, 2.45) is 5.92 Å². The molecule has 0 heterocycles. The second kappa shape index (κ2) is 6.79. The monoisotopic (exact) mass is 249 g/mol. The molecule has 1 amide bonds. The number of aliphatic carboxylic acids is 1. The summed E-state index contributed by atoms with van der Waals surface area (Å²) in [6.07, 6.45) is 1.02. The molecular weight excluding hydrogens is 230 g/mol. The first-order valence-electron chi connectivity index (χ1n) is 6.10. The predicted octanol–water partition coefficient (Wildman–Crippen LogP) is 1.76. The summed E-state index contributed by atoms with van der Waals surface area (Å²) in [5.41, 5.74) is 2.32. The summed E-state index contributed by atoms with van der Waals surface area (Å²) in [4.78, 5) is 22.3. The van der Waals surface area contributed by atoms with Crippen LogP contribution in [0.1, 0.15) is 24.5 Å². The van der Waals surface area contributed by atoms with Gasteiger partial charge in [-0.1, -0.05) is 36.8 Å². The summed E-state index contributed by atoms with van der Waals surface area (Å²) < 4.78 is 0. The van der Waals surface area contributed by atoms with E-state index in [9.17, 15) is 9.59 Å². The van der Waals surface area contributed by atoms with Gasteiger partial charge in [-0.25, -0.2) is 0 Å². The van der Waals surface area contributed by atoms with Gasteiger partial charge in [-0.15, -0.1) is 0 Å². The maximum absolute atomic E-state index is 11.6. The number of carboxylic acid groups (broad SMARTS) is 1. The molecule has 0 saturated carbocycles. The maximum Gasteiger partial charge on any atom is 0.316 e. The highest BCUT2D eigenvalue weighted by Gasteiger charge is 2.23. The quantitative estimate of drug-likeness (QED) is 0.755. The highest BCUT2D eigenvalue weighted by Crippen LogP contribution is 2.05. The van der Waals surface area contributed by atoms with E-state index in [0.717, 1.165) is 5.56 Å². The van der Waals surface area contributed by atoms with Gasteiger partial charge in [-0.05, 0) is 25.3 Å². The molecule has 98 valence electrons. The number of benzene rings is 1. The molecule has 0 radical (unpaired) electrons. The van der Waals surface area contributed by atoms with E-state index in [2.05, 4.69) is 5.32 Å². The van der Waals surface area contributed by atoms with Crippen molar-refractivity contribution in [3.63, 3.8) is 0 Å². The molecule has 0 aliphatic rings. The number of carbonyl (C=O) groups is 2. The maximum atomic E-state index is 11.6. The zero-order valence-electron chi connectivity index (χ0n) is 10.8. The van der Waals surface area contributed by atoms with Gasteiger partial charge < -0.3 is 10.4 Å². The largest absolute Gasteiger partial charge is 0.481 e. The van der Waals surface area contributed by atoms with Gasteiger partial charge >= 0.3 is 5.97 Å². The lowest BCUT2D eigenvalue weighted by Crippen LogP contribution is -2.36. The van der Waals surface area contributed by atoms with Crippen LogP contribution in [-0.2, 0) is 16.0 Å². The second-order valence-electron chi connectivity index (χ2n) is 4.33. The van der Waals surface area contributed by atoms with Crippen LogP contribution in [0.3, 0.4) is 0 Å². The number of carbonyl (C=O) groups excluding carboxylic acids is 1. The van der Waals surface area contributed by atoms with Crippen LogP contribution >= 0.6 is 0 Å². The second-order valence-corrected chi connectivity index (χ2v) is 4.33. The number of carboxylic acids is 1. The van der Waals surface area contributed by atoms with Gasteiger partial charge in [0.05, 0.1) is 0 Å². The first-order chi connectivity index (χ1) is 8.54. The van der Waals surface area contributed by atoms with Crippen LogP contribution in [0, 0.1) is 12.8 Å². The first kappa shape index (κ1) is 14.2. The molecule has 0 aliphatic heterocycles. The zero-order valence-corrected chi connectivity index (χ0v) is 10.8. The third kappa shape index (κ3) is 4.20. The third-order valence-electron chi connectivity index (χ3n) is 2.86. The van der Waals surface area contributed by atoms with Crippen LogP contribution in [0.15, 0.2) is 24.3 Å². The van der Waals surface area contributed by atoms with E-state index in [1.807, 2.05) is 31.2 Å². The third-order valence-corrected chi connectivity index (χ3v) is 2.86. The van der Waals surface area contributed by atoms with Gasteiger partial charge in [0.1, 0.15) is 5.92 Å². The molecule has 0 fully saturated rings. The fraction of sp³-hybridized carbons (Fsp3) is 0.429. The van der Waals surface area contributed by atoms with E-state index < -0.39 is 17.8 Å². The summed E-state index contributed by atoms with van der Waals surface area (Å²) in [6.45, 7) is 4.17. The fourth-order valence-electron chi connectivity index (χ4n) is 1.68. The first-order valence-corrected chi connectivity index (χ1v) is 6.10. The molecule has 1 rings (SSSR count). The molecular formula is C14H19NO3. The Kier molecular flexibility index (Phi) is 5.36. The van der Waals surface area contributed by atoms with Gasteiger partial charge in [0.25, 0.3) is 0 Å². The fourth-order valence-corrected chi connectivity index (χ4v) is 1.68. The Bertz CT molecular complexity index is 412. The van der Waals surface area contributed by atoms with Crippen molar-refractivity contribution in [3.05, 3.63) is 35.4 Å². The van der Waals surface area contributed by atoms with E-state index >= 15 is 0 Å². The molecule has 0 saturated heterocycles.